The zero-order chi connectivity index (χ0) is 22.5. The quantitative estimate of drug-likeness (QED) is 0.661. The molecule has 1 unspecified atom stereocenters. The minimum absolute atomic E-state index is 0.100. The van der Waals surface area contributed by atoms with Crippen molar-refractivity contribution >= 4 is 35.0 Å². The van der Waals surface area contributed by atoms with Gasteiger partial charge < -0.3 is 10.2 Å². The number of amides is 3. The van der Waals surface area contributed by atoms with Crippen LogP contribution in [0.3, 0.4) is 0 Å². The molecule has 3 aliphatic rings. The third-order valence-electron chi connectivity index (χ3n) is 6.98. The average Bonchev–Trinajstić information content (AvgIpc) is 3.21. The fraction of sp³-hybridized carbons (Fsp3) is 0.625. The van der Waals surface area contributed by atoms with Crippen molar-refractivity contribution < 1.29 is 14.4 Å². The number of likely N-dealkylation sites (tertiary alicyclic amines) is 1. The number of hydrogen-bond donors (Lipinski definition) is 1. The van der Waals surface area contributed by atoms with E-state index in [0.717, 1.165) is 75.5 Å². The Bertz CT molecular complexity index is 834. The van der Waals surface area contributed by atoms with Gasteiger partial charge in [0.15, 0.2) is 0 Å². The van der Waals surface area contributed by atoms with Gasteiger partial charge >= 0.3 is 0 Å². The molecule has 32 heavy (non-hydrogen) atoms. The van der Waals surface area contributed by atoms with Crippen LogP contribution in [0.25, 0.3) is 0 Å². The van der Waals surface area contributed by atoms with Crippen LogP contribution in [0.2, 0.25) is 5.02 Å². The maximum Gasteiger partial charge on any atom is 0.243 e. The Morgan fingerprint density at radius 3 is 2.50 bits per heavy atom. The maximum atomic E-state index is 12.9. The number of carbonyl (C=O) groups is 3. The highest BCUT2D eigenvalue weighted by Gasteiger charge is 2.42. The van der Waals surface area contributed by atoms with Crippen LogP contribution in [0.4, 0.5) is 5.69 Å². The molecule has 1 aromatic carbocycles. The Hall–Kier alpha value is -2.12. The molecular weight excluding hydrogens is 428 g/mol. The number of hydrogen-bond acceptors (Lipinski definition) is 5. The fourth-order valence-electron chi connectivity index (χ4n) is 5.11. The summed E-state index contributed by atoms with van der Waals surface area (Å²) in [5.74, 6) is -0.628. The SMILES string of the molecule is O=C(NCCN1CCN(c2cccc(Cl)c2)CC1)C1CCC(=O)N1C(=O)C1CCCCC1. The predicted molar refractivity (Wildman–Crippen MR) is 125 cm³/mol. The normalized spacial score (nSPS) is 22.9. The molecule has 4 rings (SSSR count). The van der Waals surface area contributed by atoms with Crippen molar-refractivity contribution in [1.29, 1.82) is 0 Å². The molecule has 3 fully saturated rings. The molecule has 0 bridgehead atoms. The van der Waals surface area contributed by atoms with E-state index in [1.165, 1.54) is 4.90 Å². The largest absolute Gasteiger partial charge is 0.369 e. The molecule has 2 aliphatic heterocycles. The number of imide groups is 1. The van der Waals surface area contributed by atoms with Gasteiger partial charge in [-0.2, -0.15) is 0 Å². The summed E-state index contributed by atoms with van der Waals surface area (Å²) >= 11 is 6.10. The van der Waals surface area contributed by atoms with Crippen molar-refractivity contribution in [2.75, 3.05) is 44.2 Å². The number of nitrogens with one attached hydrogen (secondary N) is 1. The molecule has 0 spiro atoms. The second-order valence-electron chi connectivity index (χ2n) is 9.09. The van der Waals surface area contributed by atoms with Gasteiger partial charge in [0.2, 0.25) is 17.7 Å². The van der Waals surface area contributed by atoms with E-state index in [1.54, 1.807) is 0 Å². The lowest BCUT2D eigenvalue weighted by molar-refractivity contribution is -0.151. The van der Waals surface area contributed by atoms with Crippen LogP contribution in [0.15, 0.2) is 24.3 Å². The van der Waals surface area contributed by atoms with Crippen molar-refractivity contribution in [3.05, 3.63) is 29.3 Å². The van der Waals surface area contributed by atoms with Gasteiger partial charge in [-0.3, -0.25) is 24.2 Å². The Balaban J connectivity index is 1.22. The summed E-state index contributed by atoms with van der Waals surface area (Å²) in [6.07, 6.45) is 5.58. The number of anilines is 1. The first kappa shape index (κ1) is 23.1. The van der Waals surface area contributed by atoms with Crippen molar-refractivity contribution in [1.82, 2.24) is 15.1 Å². The van der Waals surface area contributed by atoms with Crippen LogP contribution in [-0.2, 0) is 14.4 Å². The van der Waals surface area contributed by atoms with Gasteiger partial charge in [0, 0.05) is 62.3 Å². The minimum atomic E-state index is -0.642. The van der Waals surface area contributed by atoms with Crippen molar-refractivity contribution in [3.63, 3.8) is 0 Å². The molecule has 1 atom stereocenters. The van der Waals surface area contributed by atoms with Crippen molar-refractivity contribution in [2.24, 2.45) is 5.92 Å². The number of carbonyl (C=O) groups excluding carboxylic acids is 3. The van der Waals surface area contributed by atoms with E-state index in [4.69, 9.17) is 11.6 Å². The number of rotatable bonds is 6. The highest BCUT2D eigenvalue weighted by Crippen LogP contribution is 2.29. The summed E-state index contributed by atoms with van der Waals surface area (Å²) in [5, 5.41) is 3.72. The van der Waals surface area contributed by atoms with Crippen molar-refractivity contribution in [3.8, 4) is 0 Å². The van der Waals surface area contributed by atoms with Crippen LogP contribution in [0.5, 0.6) is 0 Å². The molecule has 7 nitrogen and oxygen atoms in total. The lowest BCUT2D eigenvalue weighted by Crippen LogP contribution is -2.52. The van der Waals surface area contributed by atoms with E-state index in [0.29, 0.717) is 13.0 Å². The molecule has 3 amide bonds. The zero-order valence-corrected chi connectivity index (χ0v) is 19.4. The summed E-state index contributed by atoms with van der Waals surface area (Å²) < 4.78 is 0. The molecule has 174 valence electrons. The van der Waals surface area contributed by atoms with E-state index >= 15 is 0 Å². The van der Waals surface area contributed by atoms with E-state index < -0.39 is 6.04 Å². The third kappa shape index (κ3) is 5.44. The topological polar surface area (TPSA) is 73.0 Å². The standard InChI is InChI=1S/C24H33ClN4O3/c25-19-7-4-8-20(17-19)28-15-13-27(14-16-28)12-11-26-23(31)21-9-10-22(30)29(21)24(32)18-5-2-1-3-6-18/h4,7-8,17-18,21H,1-3,5-6,9-16H2,(H,26,31). The van der Waals surface area contributed by atoms with Gasteiger partial charge in [0.05, 0.1) is 0 Å². The lowest BCUT2D eigenvalue weighted by atomic mass is 9.88. The summed E-state index contributed by atoms with van der Waals surface area (Å²) in [6.45, 7) is 4.93. The summed E-state index contributed by atoms with van der Waals surface area (Å²) in [7, 11) is 0. The van der Waals surface area contributed by atoms with Crippen LogP contribution >= 0.6 is 11.6 Å². The summed E-state index contributed by atoms with van der Waals surface area (Å²) in [6, 6.07) is 7.27. The van der Waals surface area contributed by atoms with Gasteiger partial charge in [-0.25, -0.2) is 0 Å². The molecule has 8 heteroatoms. The second kappa shape index (κ2) is 10.7. The smallest absolute Gasteiger partial charge is 0.243 e. The zero-order valence-electron chi connectivity index (χ0n) is 18.6. The van der Waals surface area contributed by atoms with Gasteiger partial charge in [-0.15, -0.1) is 0 Å². The predicted octanol–water partition coefficient (Wildman–Crippen LogP) is 2.68. The molecule has 2 heterocycles. The molecule has 1 N–H and O–H groups in total. The van der Waals surface area contributed by atoms with Crippen LogP contribution < -0.4 is 10.2 Å². The highest BCUT2D eigenvalue weighted by atomic mass is 35.5. The Morgan fingerprint density at radius 1 is 1.03 bits per heavy atom. The maximum absolute atomic E-state index is 12.9. The third-order valence-corrected chi connectivity index (χ3v) is 7.21. The molecule has 0 aromatic heterocycles. The van der Waals surface area contributed by atoms with Gasteiger partial charge in [0.1, 0.15) is 6.04 Å². The van der Waals surface area contributed by atoms with E-state index in [2.05, 4.69) is 21.2 Å². The first-order valence-corrected chi connectivity index (χ1v) is 12.3. The van der Waals surface area contributed by atoms with E-state index in [9.17, 15) is 14.4 Å². The molecule has 2 saturated heterocycles. The molecule has 1 aromatic rings. The lowest BCUT2D eigenvalue weighted by Gasteiger charge is -2.36. The van der Waals surface area contributed by atoms with Gasteiger partial charge in [0.25, 0.3) is 0 Å². The molecule has 1 aliphatic carbocycles. The molecular formula is C24H33ClN4O3. The Kier molecular flexibility index (Phi) is 7.68. The van der Waals surface area contributed by atoms with E-state index in [1.807, 2.05) is 18.2 Å². The summed E-state index contributed by atoms with van der Waals surface area (Å²) in [4.78, 5) is 44.0. The van der Waals surface area contributed by atoms with Crippen molar-refractivity contribution in [2.45, 2.75) is 51.0 Å². The highest BCUT2D eigenvalue weighted by molar-refractivity contribution is 6.30. The van der Waals surface area contributed by atoms with Gasteiger partial charge in [-0.05, 0) is 37.5 Å². The van der Waals surface area contributed by atoms with Crippen LogP contribution in [0, 0.1) is 5.92 Å². The monoisotopic (exact) mass is 460 g/mol. The molecule has 1 saturated carbocycles. The molecule has 0 radical (unpaired) electrons. The van der Waals surface area contributed by atoms with E-state index in [-0.39, 0.29) is 30.1 Å². The van der Waals surface area contributed by atoms with Gasteiger partial charge in [-0.1, -0.05) is 36.9 Å². The average molecular weight is 461 g/mol. The first-order valence-electron chi connectivity index (χ1n) is 11.9. The second-order valence-corrected chi connectivity index (χ2v) is 9.53. The number of benzene rings is 1. The minimum Gasteiger partial charge on any atom is -0.369 e. The van der Waals surface area contributed by atoms with Crippen LogP contribution in [0.1, 0.15) is 44.9 Å². The Labute approximate surface area is 195 Å². The first-order chi connectivity index (χ1) is 15.5. The number of nitrogens with zero attached hydrogens (tertiary/aromatic N) is 3. The fourth-order valence-corrected chi connectivity index (χ4v) is 5.30. The number of piperazine rings is 1. The summed E-state index contributed by atoms with van der Waals surface area (Å²) in [5.41, 5.74) is 1.14. The number of halogens is 1. The Morgan fingerprint density at radius 2 is 1.78 bits per heavy atom. The van der Waals surface area contributed by atoms with Crippen LogP contribution in [-0.4, -0.2) is 72.8 Å².